The number of aliphatic hydroxyl groups is 1. The minimum atomic E-state index is -1.31. The molecule has 1 aromatic rings. The fourth-order valence-corrected chi connectivity index (χ4v) is 2.10. The summed E-state index contributed by atoms with van der Waals surface area (Å²) in [6, 6.07) is 6.24. The molecule has 2 unspecified atom stereocenters. The van der Waals surface area contributed by atoms with Crippen molar-refractivity contribution in [3.8, 4) is 5.75 Å². The Balaban J connectivity index is 3.04. The second-order valence-corrected chi connectivity index (χ2v) is 6.08. The number of carbonyl (C=O) groups is 1. The van der Waals surface area contributed by atoms with Gasteiger partial charge in [-0.15, -0.1) is 0 Å². The number of rotatable bonds is 4. The minimum Gasteiger partial charge on any atom is -0.508 e. The van der Waals surface area contributed by atoms with Gasteiger partial charge in [0.1, 0.15) is 17.0 Å². The van der Waals surface area contributed by atoms with Gasteiger partial charge in [0, 0.05) is 0 Å². The third-order valence-corrected chi connectivity index (χ3v) is 3.38. The van der Waals surface area contributed by atoms with Crippen LogP contribution in [0.5, 0.6) is 5.75 Å². The van der Waals surface area contributed by atoms with Gasteiger partial charge in [-0.25, -0.2) is 0 Å². The van der Waals surface area contributed by atoms with E-state index in [1.165, 1.54) is 12.1 Å². The van der Waals surface area contributed by atoms with E-state index in [4.69, 9.17) is 4.74 Å². The van der Waals surface area contributed by atoms with Crippen molar-refractivity contribution >= 4 is 5.97 Å². The number of ether oxygens (including phenoxy) is 1. The van der Waals surface area contributed by atoms with Crippen LogP contribution < -0.4 is 0 Å². The highest BCUT2D eigenvalue weighted by molar-refractivity contribution is 5.74. The summed E-state index contributed by atoms with van der Waals surface area (Å²) in [7, 11) is 0. The zero-order chi connectivity index (χ0) is 15.6. The third kappa shape index (κ3) is 3.73. The van der Waals surface area contributed by atoms with Crippen LogP contribution in [-0.4, -0.2) is 21.8 Å². The highest BCUT2D eigenvalue weighted by Crippen LogP contribution is 2.35. The van der Waals surface area contributed by atoms with Crippen molar-refractivity contribution in [2.75, 3.05) is 0 Å². The summed E-state index contributed by atoms with van der Waals surface area (Å²) >= 11 is 0. The van der Waals surface area contributed by atoms with Gasteiger partial charge in [0.05, 0.1) is 5.92 Å². The zero-order valence-corrected chi connectivity index (χ0v) is 12.8. The molecule has 1 rings (SSSR count). The standard InChI is InChI=1S/C16H24O4/c1-6-16(19,12-7-9-13(17)10-8-12)11(2)14(18)20-15(3,4)5/h7-11,17,19H,6H2,1-5H3. The first-order valence-electron chi connectivity index (χ1n) is 6.85. The number of phenolic OH excluding ortho intramolecular Hbond substituents is 1. The maximum Gasteiger partial charge on any atom is 0.312 e. The summed E-state index contributed by atoms with van der Waals surface area (Å²) in [4.78, 5) is 12.2. The molecule has 4 nitrogen and oxygen atoms in total. The number of carbonyl (C=O) groups excluding carboxylic acids is 1. The fourth-order valence-electron chi connectivity index (χ4n) is 2.10. The molecule has 0 amide bonds. The van der Waals surface area contributed by atoms with Crippen LogP contribution in [0.15, 0.2) is 24.3 Å². The van der Waals surface area contributed by atoms with Crippen LogP contribution in [0.1, 0.15) is 46.6 Å². The van der Waals surface area contributed by atoms with E-state index in [2.05, 4.69) is 0 Å². The van der Waals surface area contributed by atoms with E-state index < -0.39 is 23.1 Å². The molecule has 0 bridgehead atoms. The van der Waals surface area contributed by atoms with Gasteiger partial charge < -0.3 is 14.9 Å². The molecule has 0 aromatic heterocycles. The summed E-state index contributed by atoms with van der Waals surface area (Å²) in [5.41, 5.74) is -1.30. The van der Waals surface area contributed by atoms with Gasteiger partial charge in [-0.2, -0.15) is 0 Å². The van der Waals surface area contributed by atoms with Gasteiger partial charge in [0.15, 0.2) is 0 Å². The Kier molecular flexibility index (Phi) is 4.81. The predicted octanol–water partition coefficient (Wildman–Crippen LogP) is 2.97. The van der Waals surface area contributed by atoms with Gasteiger partial charge in [-0.1, -0.05) is 19.1 Å². The lowest BCUT2D eigenvalue weighted by molar-refractivity contribution is -0.170. The van der Waals surface area contributed by atoms with Gasteiger partial charge in [-0.3, -0.25) is 4.79 Å². The lowest BCUT2D eigenvalue weighted by atomic mass is 9.80. The molecule has 0 fully saturated rings. The summed E-state index contributed by atoms with van der Waals surface area (Å²) in [5, 5.41) is 20.2. The number of phenols is 1. The molecule has 0 aliphatic heterocycles. The molecule has 2 atom stereocenters. The summed E-state index contributed by atoms with van der Waals surface area (Å²) in [5.74, 6) is -1.01. The Morgan fingerprint density at radius 1 is 1.25 bits per heavy atom. The van der Waals surface area contributed by atoms with E-state index >= 15 is 0 Å². The average molecular weight is 280 g/mol. The average Bonchev–Trinajstić information content (AvgIpc) is 2.35. The SMILES string of the molecule is CCC(O)(c1ccc(O)cc1)C(C)C(=O)OC(C)(C)C. The molecule has 0 radical (unpaired) electrons. The minimum absolute atomic E-state index is 0.122. The normalized spacial score (nSPS) is 16.3. The van der Waals surface area contributed by atoms with E-state index in [9.17, 15) is 15.0 Å². The van der Waals surface area contributed by atoms with Gasteiger partial charge in [0.25, 0.3) is 0 Å². The molecule has 0 aliphatic rings. The topological polar surface area (TPSA) is 66.8 Å². The summed E-state index contributed by atoms with van der Waals surface area (Å²) in [6.07, 6.45) is 0.373. The van der Waals surface area contributed by atoms with E-state index in [1.807, 2.05) is 6.92 Å². The first-order chi connectivity index (χ1) is 9.10. The molecule has 0 saturated carbocycles. The van der Waals surface area contributed by atoms with Crippen LogP contribution >= 0.6 is 0 Å². The molecule has 1 aromatic carbocycles. The monoisotopic (exact) mass is 280 g/mol. The summed E-state index contributed by atoms with van der Waals surface area (Å²) < 4.78 is 5.34. The van der Waals surface area contributed by atoms with E-state index in [1.54, 1.807) is 39.8 Å². The molecule has 0 saturated heterocycles. The third-order valence-electron chi connectivity index (χ3n) is 3.38. The van der Waals surface area contributed by atoms with E-state index in [-0.39, 0.29) is 5.75 Å². The van der Waals surface area contributed by atoms with Crippen molar-refractivity contribution in [1.29, 1.82) is 0 Å². The van der Waals surface area contributed by atoms with Crippen molar-refractivity contribution in [1.82, 2.24) is 0 Å². The molecule has 20 heavy (non-hydrogen) atoms. The van der Waals surface area contributed by atoms with Crippen LogP contribution in [0.3, 0.4) is 0 Å². The van der Waals surface area contributed by atoms with Gasteiger partial charge in [-0.05, 0) is 51.8 Å². The Morgan fingerprint density at radius 2 is 1.75 bits per heavy atom. The first-order valence-corrected chi connectivity index (χ1v) is 6.85. The van der Waals surface area contributed by atoms with Crippen LogP contribution in [-0.2, 0) is 15.1 Å². The van der Waals surface area contributed by atoms with Crippen molar-refractivity contribution in [3.05, 3.63) is 29.8 Å². The van der Waals surface area contributed by atoms with Crippen molar-refractivity contribution in [3.63, 3.8) is 0 Å². The molecule has 0 spiro atoms. The fraction of sp³-hybridized carbons (Fsp3) is 0.562. The van der Waals surface area contributed by atoms with Crippen LogP contribution in [0, 0.1) is 5.92 Å². The molecular weight excluding hydrogens is 256 g/mol. The molecule has 0 heterocycles. The van der Waals surface area contributed by atoms with Crippen LogP contribution in [0.25, 0.3) is 0 Å². The van der Waals surface area contributed by atoms with Gasteiger partial charge in [0.2, 0.25) is 0 Å². The summed E-state index contributed by atoms with van der Waals surface area (Å²) in [6.45, 7) is 8.85. The molecule has 2 N–H and O–H groups in total. The number of benzene rings is 1. The highest BCUT2D eigenvalue weighted by atomic mass is 16.6. The van der Waals surface area contributed by atoms with E-state index in [0.29, 0.717) is 12.0 Å². The Morgan fingerprint density at radius 3 is 2.15 bits per heavy atom. The number of esters is 1. The number of aromatic hydroxyl groups is 1. The highest BCUT2D eigenvalue weighted by Gasteiger charge is 2.40. The zero-order valence-electron chi connectivity index (χ0n) is 12.8. The maximum absolute atomic E-state index is 12.2. The smallest absolute Gasteiger partial charge is 0.312 e. The second kappa shape index (κ2) is 5.83. The second-order valence-electron chi connectivity index (χ2n) is 6.08. The molecule has 0 aliphatic carbocycles. The van der Waals surface area contributed by atoms with Crippen LogP contribution in [0.2, 0.25) is 0 Å². The predicted molar refractivity (Wildman–Crippen MR) is 77.3 cm³/mol. The Hall–Kier alpha value is -1.55. The Bertz CT molecular complexity index is 458. The lowest BCUT2D eigenvalue weighted by Crippen LogP contribution is -2.41. The first kappa shape index (κ1) is 16.5. The molecule has 112 valence electrons. The van der Waals surface area contributed by atoms with Crippen molar-refractivity contribution in [2.45, 2.75) is 52.2 Å². The quantitative estimate of drug-likeness (QED) is 0.832. The van der Waals surface area contributed by atoms with Crippen molar-refractivity contribution in [2.24, 2.45) is 5.92 Å². The largest absolute Gasteiger partial charge is 0.508 e. The number of hydrogen-bond acceptors (Lipinski definition) is 4. The Labute approximate surface area is 120 Å². The lowest BCUT2D eigenvalue weighted by Gasteiger charge is -2.34. The van der Waals surface area contributed by atoms with E-state index in [0.717, 1.165) is 0 Å². The van der Waals surface area contributed by atoms with Crippen LogP contribution in [0.4, 0.5) is 0 Å². The van der Waals surface area contributed by atoms with Gasteiger partial charge >= 0.3 is 5.97 Å². The number of hydrogen-bond donors (Lipinski definition) is 2. The maximum atomic E-state index is 12.2. The molecular formula is C16H24O4. The molecule has 4 heteroatoms. The van der Waals surface area contributed by atoms with Crippen molar-refractivity contribution < 1.29 is 19.7 Å².